The first-order valence-electron chi connectivity index (χ1n) is 6.35. The van der Waals surface area contributed by atoms with E-state index in [0.29, 0.717) is 11.9 Å². The minimum absolute atomic E-state index is 0.152. The fourth-order valence-corrected chi connectivity index (χ4v) is 2.89. The van der Waals surface area contributed by atoms with Crippen LogP contribution >= 0.6 is 27.5 Å². The molecule has 1 atom stereocenters. The molecule has 1 amide bonds. The standard InChI is InChI=1S/C14H17BrClNO/c15-12-7-5-11(6-8-12)14(18)17-10-2-4-13(17)3-1-9-16/h5-8,13H,1-4,9-10H2. The smallest absolute Gasteiger partial charge is 0.254 e. The van der Waals surface area contributed by atoms with Gasteiger partial charge in [0, 0.05) is 28.5 Å². The quantitative estimate of drug-likeness (QED) is 0.762. The Labute approximate surface area is 121 Å². The van der Waals surface area contributed by atoms with Crippen molar-refractivity contribution in [1.82, 2.24) is 4.90 Å². The van der Waals surface area contributed by atoms with E-state index in [1.165, 1.54) is 0 Å². The van der Waals surface area contributed by atoms with Gasteiger partial charge in [0.15, 0.2) is 0 Å². The summed E-state index contributed by atoms with van der Waals surface area (Å²) in [5, 5.41) is 0. The van der Waals surface area contributed by atoms with Crippen molar-refractivity contribution in [3.63, 3.8) is 0 Å². The number of carbonyl (C=O) groups is 1. The monoisotopic (exact) mass is 329 g/mol. The van der Waals surface area contributed by atoms with Crippen LogP contribution in [0.25, 0.3) is 0 Å². The number of hydrogen-bond donors (Lipinski definition) is 0. The van der Waals surface area contributed by atoms with E-state index in [4.69, 9.17) is 11.6 Å². The van der Waals surface area contributed by atoms with Crippen LogP contribution in [0.15, 0.2) is 28.7 Å². The fraction of sp³-hybridized carbons (Fsp3) is 0.500. The van der Waals surface area contributed by atoms with Crippen molar-refractivity contribution in [2.75, 3.05) is 12.4 Å². The maximum absolute atomic E-state index is 12.4. The average molecular weight is 331 g/mol. The number of likely N-dealkylation sites (tertiary alicyclic amines) is 1. The summed E-state index contributed by atoms with van der Waals surface area (Å²) < 4.78 is 0.999. The molecule has 1 heterocycles. The van der Waals surface area contributed by atoms with Crippen molar-refractivity contribution in [3.8, 4) is 0 Å². The molecule has 18 heavy (non-hydrogen) atoms. The number of benzene rings is 1. The zero-order valence-electron chi connectivity index (χ0n) is 10.2. The minimum Gasteiger partial charge on any atom is -0.336 e. The number of alkyl halides is 1. The molecule has 0 bridgehead atoms. The van der Waals surface area contributed by atoms with Gasteiger partial charge in [0.1, 0.15) is 0 Å². The Morgan fingerprint density at radius 1 is 1.39 bits per heavy atom. The highest BCUT2D eigenvalue weighted by molar-refractivity contribution is 9.10. The highest BCUT2D eigenvalue weighted by atomic mass is 79.9. The van der Waals surface area contributed by atoms with Gasteiger partial charge in [-0.05, 0) is 49.9 Å². The zero-order valence-corrected chi connectivity index (χ0v) is 12.6. The Hall–Kier alpha value is -0.540. The number of halogens is 2. The summed E-state index contributed by atoms with van der Waals surface area (Å²) in [6, 6.07) is 7.96. The molecule has 1 aromatic rings. The number of hydrogen-bond acceptors (Lipinski definition) is 1. The third kappa shape index (κ3) is 3.27. The normalized spacial score (nSPS) is 19.2. The highest BCUT2D eigenvalue weighted by Crippen LogP contribution is 2.24. The van der Waals surface area contributed by atoms with Crippen LogP contribution in [0.4, 0.5) is 0 Å². The van der Waals surface area contributed by atoms with E-state index in [1.54, 1.807) is 0 Å². The number of rotatable bonds is 4. The topological polar surface area (TPSA) is 20.3 Å². The lowest BCUT2D eigenvalue weighted by Gasteiger charge is -2.24. The molecule has 0 saturated carbocycles. The van der Waals surface area contributed by atoms with Crippen LogP contribution in [0, 0.1) is 0 Å². The van der Waals surface area contributed by atoms with E-state index in [1.807, 2.05) is 29.2 Å². The Kier molecular flexibility index (Phi) is 5.07. The summed E-state index contributed by atoms with van der Waals surface area (Å²) in [5.41, 5.74) is 0.774. The molecule has 1 aromatic carbocycles. The lowest BCUT2D eigenvalue weighted by atomic mass is 10.1. The van der Waals surface area contributed by atoms with E-state index < -0.39 is 0 Å². The fourth-order valence-electron chi connectivity index (χ4n) is 2.47. The molecule has 0 aliphatic carbocycles. The molecule has 4 heteroatoms. The first kappa shape index (κ1) is 13.9. The second-order valence-corrected chi connectivity index (χ2v) is 5.93. The average Bonchev–Trinajstić information content (AvgIpc) is 2.84. The Morgan fingerprint density at radius 3 is 2.78 bits per heavy atom. The van der Waals surface area contributed by atoms with Crippen LogP contribution in [-0.2, 0) is 0 Å². The molecule has 1 aliphatic heterocycles. The van der Waals surface area contributed by atoms with E-state index in [9.17, 15) is 4.79 Å². The first-order chi connectivity index (χ1) is 8.72. The minimum atomic E-state index is 0.152. The van der Waals surface area contributed by atoms with E-state index >= 15 is 0 Å². The molecule has 1 saturated heterocycles. The third-order valence-corrected chi connectivity index (χ3v) is 4.20. The highest BCUT2D eigenvalue weighted by Gasteiger charge is 2.28. The van der Waals surface area contributed by atoms with Gasteiger partial charge in [0.05, 0.1) is 0 Å². The predicted octanol–water partition coefficient (Wildman–Crippen LogP) is 4.07. The molecular weight excluding hydrogens is 314 g/mol. The zero-order chi connectivity index (χ0) is 13.0. The number of amides is 1. The predicted molar refractivity (Wildman–Crippen MR) is 78.2 cm³/mol. The molecule has 0 spiro atoms. The van der Waals surface area contributed by atoms with E-state index in [2.05, 4.69) is 15.9 Å². The van der Waals surface area contributed by atoms with Crippen LogP contribution in [0.3, 0.4) is 0 Å². The van der Waals surface area contributed by atoms with Crippen molar-refractivity contribution < 1.29 is 4.79 Å². The first-order valence-corrected chi connectivity index (χ1v) is 7.67. The molecule has 98 valence electrons. The van der Waals surface area contributed by atoms with Crippen molar-refractivity contribution >= 4 is 33.4 Å². The van der Waals surface area contributed by atoms with Crippen LogP contribution in [0.2, 0.25) is 0 Å². The van der Waals surface area contributed by atoms with Gasteiger partial charge >= 0.3 is 0 Å². The van der Waals surface area contributed by atoms with Gasteiger partial charge in [-0.1, -0.05) is 15.9 Å². The maximum atomic E-state index is 12.4. The van der Waals surface area contributed by atoms with Gasteiger partial charge in [-0.2, -0.15) is 0 Å². The lowest BCUT2D eigenvalue weighted by Crippen LogP contribution is -2.35. The van der Waals surface area contributed by atoms with Gasteiger partial charge in [0.2, 0.25) is 0 Å². The molecule has 2 nitrogen and oxygen atoms in total. The van der Waals surface area contributed by atoms with E-state index in [-0.39, 0.29) is 5.91 Å². The largest absolute Gasteiger partial charge is 0.336 e. The van der Waals surface area contributed by atoms with Crippen molar-refractivity contribution in [3.05, 3.63) is 34.3 Å². The summed E-state index contributed by atoms with van der Waals surface area (Å²) in [6.07, 6.45) is 4.22. The van der Waals surface area contributed by atoms with Gasteiger partial charge < -0.3 is 4.90 Å². The number of nitrogens with zero attached hydrogens (tertiary/aromatic N) is 1. The maximum Gasteiger partial charge on any atom is 0.254 e. The molecule has 1 unspecified atom stereocenters. The summed E-state index contributed by atoms with van der Waals surface area (Å²) in [7, 11) is 0. The molecule has 2 rings (SSSR count). The summed E-state index contributed by atoms with van der Waals surface area (Å²) in [5.74, 6) is 0.830. The lowest BCUT2D eigenvalue weighted by molar-refractivity contribution is 0.0730. The SMILES string of the molecule is O=C(c1ccc(Br)cc1)N1CCCC1CCCCl. The third-order valence-electron chi connectivity index (χ3n) is 3.40. The van der Waals surface area contributed by atoms with Crippen LogP contribution in [0.1, 0.15) is 36.0 Å². The van der Waals surface area contributed by atoms with Gasteiger partial charge in [-0.3, -0.25) is 4.79 Å². The molecule has 0 radical (unpaired) electrons. The molecule has 0 aromatic heterocycles. The summed E-state index contributed by atoms with van der Waals surface area (Å²) in [6.45, 7) is 0.877. The van der Waals surface area contributed by atoms with Crippen molar-refractivity contribution in [1.29, 1.82) is 0 Å². The summed E-state index contributed by atoms with van der Waals surface area (Å²) in [4.78, 5) is 14.4. The van der Waals surface area contributed by atoms with Crippen molar-refractivity contribution in [2.45, 2.75) is 31.7 Å². The van der Waals surface area contributed by atoms with Crippen LogP contribution in [-0.4, -0.2) is 29.3 Å². The Morgan fingerprint density at radius 2 is 2.11 bits per heavy atom. The van der Waals surface area contributed by atoms with Gasteiger partial charge in [-0.15, -0.1) is 11.6 Å². The molecule has 1 fully saturated rings. The molecule has 1 aliphatic rings. The van der Waals surface area contributed by atoms with Crippen molar-refractivity contribution in [2.24, 2.45) is 0 Å². The second kappa shape index (κ2) is 6.58. The van der Waals surface area contributed by atoms with Gasteiger partial charge in [0.25, 0.3) is 5.91 Å². The molecular formula is C14H17BrClNO. The van der Waals surface area contributed by atoms with Crippen LogP contribution < -0.4 is 0 Å². The number of carbonyl (C=O) groups excluding carboxylic acids is 1. The second-order valence-electron chi connectivity index (χ2n) is 4.63. The van der Waals surface area contributed by atoms with Crippen LogP contribution in [0.5, 0.6) is 0 Å². The van der Waals surface area contributed by atoms with E-state index in [0.717, 1.165) is 42.3 Å². The Bertz CT molecular complexity index is 407. The summed E-state index contributed by atoms with van der Waals surface area (Å²) >= 11 is 9.12. The Balaban J connectivity index is 2.05. The molecule has 0 N–H and O–H groups in total. The van der Waals surface area contributed by atoms with Gasteiger partial charge in [-0.25, -0.2) is 0 Å².